The second kappa shape index (κ2) is 6.06. The van der Waals surface area contributed by atoms with Gasteiger partial charge in [-0.05, 0) is 30.2 Å². The highest BCUT2D eigenvalue weighted by Gasteiger charge is 2.42. The maximum absolute atomic E-state index is 6.34. The fourth-order valence-electron chi connectivity index (χ4n) is 4.07. The molecule has 2 saturated carbocycles. The zero-order valence-corrected chi connectivity index (χ0v) is 11.6. The lowest BCUT2D eigenvalue weighted by Gasteiger charge is -2.29. The van der Waals surface area contributed by atoms with Crippen LogP contribution < -0.4 is 5.73 Å². The predicted molar refractivity (Wildman–Crippen MR) is 77.6 cm³/mol. The average Bonchev–Trinajstić information content (AvgIpc) is 2.76. The molecular formula is C17H25NO. The minimum atomic E-state index is 0.365. The lowest BCUT2D eigenvalue weighted by atomic mass is 9.78. The van der Waals surface area contributed by atoms with Crippen LogP contribution in [0.2, 0.25) is 0 Å². The van der Waals surface area contributed by atoms with Crippen molar-refractivity contribution in [3.63, 3.8) is 0 Å². The summed E-state index contributed by atoms with van der Waals surface area (Å²) >= 11 is 0. The van der Waals surface area contributed by atoms with Gasteiger partial charge < -0.3 is 10.5 Å². The molecule has 0 radical (unpaired) electrons. The lowest BCUT2D eigenvalue weighted by Crippen LogP contribution is -2.32. The largest absolute Gasteiger partial charge is 0.376 e. The highest BCUT2D eigenvalue weighted by atomic mass is 16.5. The Morgan fingerprint density at radius 1 is 1.11 bits per heavy atom. The van der Waals surface area contributed by atoms with Crippen LogP contribution in [0.25, 0.3) is 0 Å². The molecule has 0 aliphatic heterocycles. The van der Waals surface area contributed by atoms with E-state index >= 15 is 0 Å². The summed E-state index contributed by atoms with van der Waals surface area (Å²) in [5.41, 5.74) is 7.60. The van der Waals surface area contributed by atoms with Crippen molar-refractivity contribution < 1.29 is 4.74 Å². The van der Waals surface area contributed by atoms with Gasteiger partial charge in [0.25, 0.3) is 0 Å². The molecule has 2 N–H and O–H groups in total. The number of rotatable bonds is 4. The quantitative estimate of drug-likeness (QED) is 0.900. The van der Waals surface area contributed by atoms with Crippen molar-refractivity contribution in [1.82, 2.24) is 0 Å². The van der Waals surface area contributed by atoms with E-state index in [1.807, 2.05) is 6.07 Å². The van der Waals surface area contributed by atoms with Crippen LogP contribution >= 0.6 is 0 Å². The first-order chi connectivity index (χ1) is 9.34. The van der Waals surface area contributed by atoms with Crippen LogP contribution in [0, 0.1) is 17.8 Å². The van der Waals surface area contributed by atoms with Gasteiger partial charge in [-0.3, -0.25) is 0 Å². The average molecular weight is 259 g/mol. The summed E-state index contributed by atoms with van der Waals surface area (Å²) in [5, 5.41) is 0. The van der Waals surface area contributed by atoms with E-state index in [4.69, 9.17) is 10.5 Å². The topological polar surface area (TPSA) is 35.2 Å². The number of benzene rings is 1. The SMILES string of the molecule is N[C@H]1C[C@H]2CCCC[C@@H]2[C@H]1COCc1ccccc1. The molecule has 2 heteroatoms. The van der Waals surface area contributed by atoms with Gasteiger partial charge in [0.15, 0.2) is 0 Å². The molecule has 0 spiro atoms. The number of fused-ring (bicyclic) bond motifs is 1. The van der Waals surface area contributed by atoms with Crippen molar-refractivity contribution in [3.8, 4) is 0 Å². The number of hydrogen-bond acceptors (Lipinski definition) is 2. The summed E-state index contributed by atoms with van der Waals surface area (Å²) in [4.78, 5) is 0. The van der Waals surface area contributed by atoms with Gasteiger partial charge in [-0.25, -0.2) is 0 Å². The van der Waals surface area contributed by atoms with Gasteiger partial charge in [-0.2, -0.15) is 0 Å². The molecule has 2 aliphatic rings. The minimum absolute atomic E-state index is 0.365. The summed E-state index contributed by atoms with van der Waals surface area (Å²) in [5.74, 6) is 2.31. The molecule has 0 amide bonds. The van der Waals surface area contributed by atoms with Crippen LogP contribution in [0.1, 0.15) is 37.7 Å². The summed E-state index contributed by atoms with van der Waals surface area (Å²) in [7, 11) is 0. The Bertz CT molecular complexity index is 392. The van der Waals surface area contributed by atoms with Crippen LogP contribution in [0.3, 0.4) is 0 Å². The Labute approximate surface area is 116 Å². The molecule has 19 heavy (non-hydrogen) atoms. The van der Waals surface area contributed by atoms with E-state index in [1.54, 1.807) is 0 Å². The zero-order valence-electron chi connectivity index (χ0n) is 11.6. The highest BCUT2D eigenvalue weighted by Crippen LogP contribution is 2.45. The first-order valence-electron chi connectivity index (χ1n) is 7.72. The standard InChI is InChI=1S/C17H25NO/c18-17-10-14-8-4-5-9-15(14)16(17)12-19-11-13-6-2-1-3-7-13/h1-3,6-7,14-17H,4-5,8-12,18H2/t14-,15+,16-,17+/m1/s1. The molecule has 4 atom stereocenters. The van der Waals surface area contributed by atoms with E-state index in [9.17, 15) is 0 Å². The van der Waals surface area contributed by atoms with Gasteiger partial charge >= 0.3 is 0 Å². The maximum atomic E-state index is 6.34. The van der Waals surface area contributed by atoms with Crippen molar-refractivity contribution in [3.05, 3.63) is 35.9 Å². The van der Waals surface area contributed by atoms with E-state index in [1.165, 1.54) is 37.7 Å². The van der Waals surface area contributed by atoms with E-state index in [-0.39, 0.29) is 0 Å². The van der Waals surface area contributed by atoms with Crippen molar-refractivity contribution in [1.29, 1.82) is 0 Å². The Balaban J connectivity index is 1.51. The fraction of sp³-hybridized carbons (Fsp3) is 0.647. The second-order valence-electron chi connectivity index (χ2n) is 6.27. The molecule has 104 valence electrons. The van der Waals surface area contributed by atoms with Gasteiger partial charge in [0.1, 0.15) is 0 Å². The third-order valence-corrected chi connectivity index (χ3v) is 5.06. The molecule has 1 aromatic rings. The maximum Gasteiger partial charge on any atom is 0.0717 e. The van der Waals surface area contributed by atoms with Crippen molar-refractivity contribution in [2.45, 2.75) is 44.8 Å². The molecule has 2 fully saturated rings. The van der Waals surface area contributed by atoms with Crippen LogP contribution in [-0.2, 0) is 11.3 Å². The third kappa shape index (κ3) is 3.01. The normalized spacial score (nSPS) is 34.2. The van der Waals surface area contributed by atoms with Crippen molar-refractivity contribution in [2.75, 3.05) is 6.61 Å². The van der Waals surface area contributed by atoms with E-state index in [0.29, 0.717) is 12.0 Å². The van der Waals surface area contributed by atoms with E-state index < -0.39 is 0 Å². The van der Waals surface area contributed by atoms with Crippen LogP contribution in [0.4, 0.5) is 0 Å². The molecule has 2 aliphatic carbocycles. The first-order valence-corrected chi connectivity index (χ1v) is 7.72. The highest BCUT2D eigenvalue weighted by molar-refractivity contribution is 5.13. The molecule has 1 aromatic carbocycles. The van der Waals surface area contributed by atoms with Crippen molar-refractivity contribution >= 4 is 0 Å². The second-order valence-corrected chi connectivity index (χ2v) is 6.27. The first kappa shape index (κ1) is 13.1. The van der Waals surface area contributed by atoms with Gasteiger partial charge in [0, 0.05) is 12.0 Å². The molecule has 0 saturated heterocycles. The number of ether oxygens (including phenoxy) is 1. The number of hydrogen-bond donors (Lipinski definition) is 1. The van der Waals surface area contributed by atoms with Gasteiger partial charge in [0.2, 0.25) is 0 Å². The monoisotopic (exact) mass is 259 g/mol. The van der Waals surface area contributed by atoms with Gasteiger partial charge in [0.05, 0.1) is 13.2 Å². The summed E-state index contributed by atoms with van der Waals surface area (Å²) in [6.07, 6.45) is 6.80. The molecule has 2 nitrogen and oxygen atoms in total. The Morgan fingerprint density at radius 2 is 1.89 bits per heavy atom. The van der Waals surface area contributed by atoms with Crippen LogP contribution in [0.15, 0.2) is 30.3 Å². The predicted octanol–water partition coefficient (Wildman–Crippen LogP) is 3.36. The molecule has 3 rings (SSSR count). The zero-order chi connectivity index (χ0) is 13.1. The summed E-state index contributed by atoms with van der Waals surface area (Å²) < 4.78 is 5.94. The van der Waals surface area contributed by atoms with E-state index in [2.05, 4.69) is 24.3 Å². The number of nitrogens with two attached hydrogens (primary N) is 1. The van der Waals surface area contributed by atoms with Crippen LogP contribution in [-0.4, -0.2) is 12.6 Å². The van der Waals surface area contributed by atoms with E-state index in [0.717, 1.165) is 25.0 Å². The lowest BCUT2D eigenvalue weighted by molar-refractivity contribution is 0.0581. The molecule has 0 aromatic heterocycles. The third-order valence-electron chi connectivity index (χ3n) is 5.06. The van der Waals surface area contributed by atoms with Crippen LogP contribution in [0.5, 0.6) is 0 Å². The summed E-state index contributed by atoms with van der Waals surface area (Å²) in [6, 6.07) is 10.8. The minimum Gasteiger partial charge on any atom is -0.376 e. The van der Waals surface area contributed by atoms with Gasteiger partial charge in [-0.15, -0.1) is 0 Å². The molecule has 0 heterocycles. The molecular weight excluding hydrogens is 234 g/mol. The Kier molecular flexibility index (Phi) is 4.19. The Morgan fingerprint density at radius 3 is 2.74 bits per heavy atom. The van der Waals surface area contributed by atoms with Gasteiger partial charge in [-0.1, -0.05) is 49.6 Å². The summed E-state index contributed by atoms with van der Waals surface area (Å²) in [6.45, 7) is 1.57. The van der Waals surface area contributed by atoms with Crippen molar-refractivity contribution in [2.24, 2.45) is 23.5 Å². The fourth-order valence-corrected chi connectivity index (χ4v) is 4.07. The molecule has 0 unspecified atom stereocenters. The smallest absolute Gasteiger partial charge is 0.0717 e. The Hall–Kier alpha value is -0.860. The molecule has 0 bridgehead atoms.